The first-order valence-corrected chi connectivity index (χ1v) is 9.56. The van der Waals surface area contributed by atoms with E-state index in [0.717, 1.165) is 22.4 Å². The highest BCUT2D eigenvalue weighted by Gasteiger charge is 2.58. The molecule has 0 atom stereocenters. The molecule has 0 aromatic heterocycles. The second-order valence-corrected chi connectivity index (χ2v) is 7.93. The van der Waals surface area contributed by atoms with E-state index in [9.17, 15) is 9.59 Å². The fourth-order valence-electron chi connectivity index (χ4n) is 3.50. The minimum Gasteiger partial charge on any atom is -0.335 e. The van der Waals surface area contributed by atoms with Gasteiger partial charge >= 0.3 is 0 Å². The van der Waals surface area contributed by atoms with E-state index in [1.54, 1.807) is 0 Å². The normalized spacial score (nSPS) is 14.7. The SMILES string of the molecule is Cc1cc(C)cc(NC(=O)C2(C(=O)N(Cc3ccccc3)C(C)C)CC2)c1. The maximum atomic E-state index is 13.3. The molecular formula is C23H28N2O2. The first-order chi connectivity index (χ1) is 12.8. The fraction of sp³-hybridized carbons (Fsp3) is 0.391. The Labute approximate surface area is 161 Å². The Balaban J connectivity index is 1.77. The summed E-state index contributed by atoms with van der Waals surface area (Å²) in [5.41, 5.74) is 3.10. The van der Waals surface area contributed by atoms with Crippen LogP contribution in [-0.4, -0.2) is 22.8 Å². The van der Waals surface area contributed by atoms with Crippen molar-refractivity contribution in [2.45, 2.75) is 53.1 Å². The molecule has 1 N–H and O–H groups in total. The minimum absolute atomic E-state index is 0.0317. The highest BCUT2D eigenvalue weighted by atomic mass is 16.2. The molecule has 1 aliphatic carbocycles. The van der Waals surface area contributed by atoms with Gasteiger partial charge in [0.1, 0.15) is 5.41 Å². The summed E-state index contributed by atoms with van der Waals surface area (Å²) in [6.45, 7) is 8.52. The lowest BCUT2D eigenvalue weighted by molar-refractivity contribution is -0.144. The lowest BCUT2D eigenvalue weighted by atomic mass is 10.0. The Bertz CT molecular complexity index is 818. The summed E-state index contributed by atoms with van der Waals surface area (Å²) in [6, 6.07) is 15.9. The zero-order valence-electron chi connectivity index (χ0n) is 16.6. The lowest BCUT2D eigenvalue weighted by Gasteiger charge is -2.30. The van der Waals surface area contributed by atoms with Crippen molar-refractivity contribution in [1.82, 2.24) is 4.90 Å². The number of hydrogen-bond donors (Lipinski definition) is 1. The number of anilines is 1. The number of hydrogen-bond acceptors (Lipinski definition) is 2. The van der Waals surface area contributed by atoms with Crippen LogP contribution < -0.4 is 5.32 Å². The van der Waals surface area contributed by atoms with Gasteiger partial charge in [-0.3, -0.25) is 9.59 Å². The fourth-order valence-corrected chi connectivity index (χ4v) is 3.50. The van der Waals surface area contributed by atoms with Crippen LogP contribution in [0.15, 0.2) is 48.5 Å². The molecule has 27 heavy (non-hydrogen) atoms. The van der Waals surface area contributed by atoms with Crippen LogP contribution in [-0.2, 0) is 16.1 Å². The predicted molar refractivity (Wildman–Crippen MR) is 108 cm³/mol. The molecule has 0 aliphatic heterocycles. The Morgan fingerprint density at radius 2 is 1.63 bits per heavy atom. The maximum absolute atomic E-state index is 13.3. The monoisotopic (exact) mass is 364 g/mol. The number of nitrogens with one attached hydrogen (secondary N) is 1. The second kappa shape index (κ2) is 7.55. The van der Waals surface area contributed by atoms with Crippen LogP contribution in [0.1, 0.15) is 43.4 Å². The number of nitrogens with zero attached hydrogens (tertiary/aromatic N) is 1. The topological polar surface area (TPSA) is 49.4 Å². The Morgan fingerprint density at radius 3 is 2.15 bits per heavy atom. The molecule has 2 aromatic carbocycles. The molecule has 1 saturated carbocycles. The largest absolute Gasteiger partial charge is 0.335 e. The van der Waals surface area contributed by atoms with Gasteiger partial charge in [-0.1, -0.05) is 36.4 Å². The molecule has 0 saturated heterocycles. The smallest absolute Gasteiger partial charge is 0.240 e. The number of carbonyl (C=O) groups excluding carboxylic acids is 2. The van der Waals surface area contributed by atoms with E-state index in [1.807, 2.05) is 75.1 Å². The Morgan fingerprint density at radius 1 is 1.04 bits per heavy atom. The van der Waals surface area contributed by atoms with E-state index in [-0.39, 0.29) is 17.9 Å². The van der Waals surface area contributed by atoms with Crippen molar-refractivity contribution in [3.63, 3.8) is 0 Å². The van der Waals surface area contributed by atoms with Gasteiger partial charge in [0.15, 0.2) is 0 Å². The minimum atomic E-state index is -0.920. The van der Waals surface area contributed by atoms with Crippen LogP contribution in [0, 0.1) is 19.3 Å². The third kappa shape index (κ3) is 4.21. The van der Waals surface area contributed by atoms with Crippen molar-refractivity contribution in [2.24, 2.45) is 5.41 Å². The summed E-state index contributed by atoms with van der Waals surface area (Å²) < 4.78 is 0. The van der Waals surface area contributed by atoms with Crippen molar-refractivity contribution in [3.8, 4) is 0 Å². The number of benzene rings is 2. The molecule has 1 aliphatic rings. The molecule has 142 valence electrons. The van der Waals surface area contributed by atoms with Crippen molar-refractivity contribution in [3.05, 3.63) is 65.2 Å². The van der Waals surface area contributed by atoms with Crippen LogP contribution >= 0.6 is 0 Å². The lowest BCUT2D eigenvalue weighted by Crippen LogP contribution is -2.45. The molecule has 2 amide bonds. The van der Waals surface area contributed by atoms with E-state index in [2.05, 4.69) is 11.4 Å². The van der Waals surface area contributed by atoms with Crippen molar-refractivity contribution < 1.29 is 9.59 Å². The zero-order chi connectivity index (χ0) is 19.6. The van der Waals surface area contributed by atoms with Gasteiger partial charge in [-0.05, 0) is 69.4 Å². The number of carbonyl (C=O) groups is 2. The summed E-state index contributed by atoms with van der Waals surface area (Å²) in [4.78, 5) is 28.1. The van der Waals surface area contributed by atoms with E-state index in [0.29, 0.717) is 19.4 Å². The van der Waals surface area contributed by atoms with Gasteiger partial charge in [0, 0.05) is 18.3 Å². The van der Waals surface area contributed by atoms with E-state index in [4.69, 9.17) is 0 Å². The number of rotatable bonds is 6. The molecule has 1 fully saturated rings. The van der Waals surface area contributed by atoms with E-state index < -0.39 is 5.41 Å². The molecule has 0 bridgehead atoms. The summed E-state index contributed by atoms with van der Waals surface area (Å²) in [5.74, 6) is -0.251. The Hall–Kier alpha value is -2.62. The van der Waals surface area contributed by atoms with E-state index >= 15 is 0 Å². The second-order valence-electron chi connectivity index (χ2n) is 7.93. The molecular weight excluding hydrogens is 336 g/mol. The van der Waals surface area contributed by atoms with Crippen LogP contribution in [0.2, 0.25) is 0 Å². The standard InChI is InChI=1S/C23H28N2O2/c1-16(2)25(15-19-8-6-5-7-9-19)22(27)23(10-11-23)21(26)24-20-13-17(3)12-18(4)14-20/h5-9,12-14,16H,10-11,15H2,1-4H3,(H,24,26). The van der Waals surface area contributed by atoms with Crippen molar-refractivity contribution in [1.29, 1.82) is 0 Å². The van der Waals surface area contributed by atoms with Crippen molar-refractivity contribution in [2.75, 3.05) is 5.32 Å². The van der Waals surface area contributed by atoms with Crippen LogP contribution in [0.3, 0.4) is 0 Å². The molecule has 0 unspecified atom stereocenters. The maximum Gasteiger partial charge on any atom is 0.240 e. The predicted octanol–water partition coefficient (Wildman–Crippen LogP) is 4.46. The van der Waals surface area contributed by atoms with Gasteiger partial charge in [0.25, 0.3) is 0 Å². The summed E-state index contributed by atoms with van der Waals surface area (Å²) in [6.07, 6.45) is 1.22. The van der Waals surface area contributed by atoms with Crippen molar-refractivity contribution >= 4 is 17.5 Å². The number of aryl methyl sites for hydroxylation is 2. The average molecular weight is 364 g/mol. The molecule has 0 radical (unpaired) electrons. The molecule has 0 spiro atoms. The summed E-state index contributed by atoms with van der Waals surface area (Å²) in [5, 5.41) is 2.98. The van der Waals surface area contributed by atoms with Gasteiger partial charge in [0.2, 0.25) is 11.8 Å². The molecule has 2 aromatic rings. The first-order valence-electron chi connectivity index (χ1n) is 9.56. The van der Waals surface area contributed by atoms with Gasteiger partial charge in [-0.2, -0.15) is 0 Å². The number of amides is 2. The summed E-state index contributed by atoms with van der Waals surface area (Å²) >= 11 is 0. The molecule has 4 heteroatoms. The van der Waals surface area contributed by atoms with Gasteiger partial charge in [-0.15, -0.1) is 0 Å². The first kappa shape index (κ1) is 19.2. The quantitative estimate of drug-likeness (QED) is 0.770. The molecule has 4 nitrogen and oxygen atoms in total. The molecule has 3 rings (SSSR count). The van der Waals surface area contributed by atoms with Crippen LogP contribution in [0.25, 0.3) is 0 Å². The van der Waals surface area contributed by atoms with Crippen LogP contribution in [0.5, 0.6) is 0 Å². The van der Waals surface area contributed by atoms with Gasteiger partial charge in [0.05, 0.1) is 0 Å². The third-order valence-corrected chi connectivity index (χ3v) is 5.15. The highest BCUT2D eigenvalue weighted by Crippen LogP contribution is 2.48. The van der Waals surface area contributed by atoms with Gasteiger partial charge < -0.3 is 10.2 Å². The Kier molecular flexibility index (Phi) is 5.36. The van der Waals surface area contributed by atoms with E-state index in [1.165, 1.54) is 0 Å². The summed E-state index contributed by atoms with van der Waals surface area (Å²) in [7, 11) is 0. The zero-order valence-corrected chi connectivity index (χ0v) is 16.6. The van der Waals surface area contributed by atoms with Gasteiger partial charge in [-0.25, -0.2) is 0 Å². The third-order valence-electron chi connectivity index (χ3n) is 5.15. The highest BCUT2D eigenvalue weighted by molar-refractivity contribution is 6.13. The van der Waals surface area contributed by atoms with Crippen LogP contribution in [0.4, 0.5) is 5.69 Å². The molecule has 0 heterocycles. The average Bonchev–Trinajstić information content (AvgIpc) is 3.41.